The lowest BCUT2D eigenvalue weighted by molar-refractivity contribution is -0.119. The summed E-state index contributed by atoms with van der Waals surface area (Å²) in [5, 5.41) is 5.67. The first-order valence-electron chi connectivity index (χ1n) is 7.62. The number of carbonyl (C=O) groups excluding carboxylic acids is 1. The van der Waals surface area contributed by atoms with Crippen molar-refractivity contribution >= 4 is 35.8 Å². The summed E-state index contributed by atoms with van der Waals surface area (Å²) in [5.41, 5.74) is 8.02. The van der Waals surface area contributed by atoms with Crippen molar-refractivity contribution in [3.8, 4) is 0 Å². The highest BCUT2D eigenvalue weighted by molar-refractivity contribution is 14.0. The van der Waals surface area contributed by atoms with Crippen molar-refractivity contribution in [1.29, 1.82) is 0 Å². The normalized spacial score (nSPS) is 10.6. The number of guanidine groups is 1. The van der Waals surface area contributed by atoms with Gasteiger partial charge in [0.2, 0.25) is 5.91 Å². The average molecular weight is 438 g/mol. The molecule has 6 heteroatoms. The van der Waals surface area contributed by atoms with E-state index in [0.29, 0.717) is 13.1 Å². The minimum atomic E-state index is -0.0983. The molecule has 1 amide bonds. The van der Waals surface area contributed by atoms with Crippen molar-refractivity contribution in [3.63, 3.8) is 0 Å². The van der Waals surface area contributed by atoms with Crippen LogP contribution >= 0.6 is 24.0 Å². The first-order valence-corrected chi connectivity index (χ1v) is 7.62. The fourth-order valence-electron chi connectivity index (χ4n) is 2.04. The Bertz CT molecular complexity index is 632. The molecule has 4 N–H and O–H groups in total. The van der Waals surface area contributed by atoms with Crippen molar-refractivity contribution in [2.24, 2.45) is 10.7 Å². The number of amides is 1. The van der Waals surface area contributed by atoms with E-state index in [0.717, 1.165) is 12.0 Å². The maximum atomic E-state index is 11.7. The molecule has 0 unspecified atom stereocenters. The number of rotatable bonds is 7. The highest BCUT2D eigenvalue weighted by Crippen LogP contribution is 1.99. The van der Waals surface area contributed by atoms with E-state index in [2.05, 4.69) is 15.6 Å². The molecule has 0 saturated heterocycles. The fourth-order valence-corrected chi connectivity index (χ4v) is 2.04. The van der Waals surface area contributed by atoms with E-state index in [-0.39, 0.29) is 42.4 Å². The number of carbonyl (C=O) groups is 1. The predicted octanol–water partition coefficient (Wildman–Crippen LogP) is 2.07. The topological polar surface area (TPSA) is 79.5 Å². The molecule has 0 heterocycles. The monoisotopic (exact) mass is 438 g/mol. The molecule has 5 nitrogen and oxygen atoms in total. The standard InChI is InChI=1S/C18H22N4O.HI/c19-18(21-13-16-9-5-2-6-10-16)22-14-17(23)20-12-11-15-7-3-1-4-8-15;/h1-10H,11-14H2,(H,20,23)(H3,19,21,22);1H. The Kier molecular flexibility index (Phi) is 9.52. The molecule has 128 valence electrons. The quantitative estimate of drug-likeness (QED) is 0.352. The number of nitrogens with one attached hydrogen (secondary N) is 2. The van der Waals surface area contributed by atoms with Gasteiger partial charge in [0.15, 0.2) is 5.96 Å². The summed E-state index contributed by atoms with van der Waals surface area (Å²) in [4.78, 5) is 15.9. The summed E-state index contributed by atoms with van der Waals surface area (Å²) in [5.74, 6) is 0.172. The first-order chi connectivity index (χ1) is 11.2. The molecule has 2 aromatic rings. The van der Waals surface area contributed by atoms with Crippen LogP contribution in [0.5, 0.6) is 0 Å². The van der Waals surface area contributed by atoms with Gasteiger partial charge in [-0.15, -0.1) is 24.0 Å². The zero-order valence-electron chi connectivity index (χ0n) is 13.4. The van der Waals surface area contributed by atoms with E-state index in [1.54, 1.807) is 0 Å². The first kappa shape index (κ1) is 20.0. The SMILES string of the molecule is I.NC(=NCc1ccccc1)NCC(=O)NCCc1ccccc1. The van der Waals surface area contributed by atoms with Crippen LogP contribution in [0.2, 0.25) is 0 Å². The second kappa shape index (κ2) is 11.4. The van der Waals surface area contributed by atoms with E-state index in [1.165, 1.54) is 5.56 Å². The Labute approximate surface area is 159 Å². The van der Waals surface area contributed by atoms with Crippen LogP contribution in [0.3, 0.4) is 0 Å². The Morgan fingerprint density at radius 2 is 1.50 bits per heavy atom. The highest BCUT2D eigenvalue weighted by Gasteiger charge is 2.01. The van der Waals surface area contributed by atoms with Gasteiger partial charge in [-0.05, 0) is 17.5 Å². The summed E-state index contributed by atoms with van der Waals surface area (Å²) in [6.45, 7) is 1.22. The number of benzene rings is 2. The van der Waals surface area contributed by atoms with Crippen LogP contribution in [0, 0.1) is 0 Å². The zero-order chi connectivity index (χ0) is 16.3. The number of hydrogen-bond acceptors (Lipinski definition) is 2. The molecule has 0 radical (unpaired) electrons. The average Bonchev–Trinajstić information content (AvgIpc) is 2.60. The van der Waals surface area contributed by atoms with Gasteiger partial charge >= 0.3 is 0 Å². The summed E-state index contributed by atoms with van der Waals surface area (Å²) in [7, 11) is 0. The lowest BCUT2D eigenvalue weighted by Gasteiger charge is -2.07. The van der Waals surface area contributed by atoms with Crippen LogP contribution in [0.15, 0.2) is 65.7 Å². The number of aliphatic imine (C=N–C) groups is 1. The molecular weight excluding hydrogens is 415 g/mol. The third-order valence-corrected chi connectivity index (χ3v) is 3.28. The van der Waals surface area contributed by atoms with E-state index in [9.17, 15) is 4.79 Å². The van der Waals surface area contributed by atoms with Gasteiger partial charge in [-0.3, -0.25) is 4.79 Å². The molecule has 0 spiro atoms. The number of nitrogens with zero attached hydrogens (tertiary/aromatic N) is 1. The van der Waals surface area contributed by atoms with Crippen molar-refractivity contribution in [3.05, 3.63) is 71.8 Å². The van der Waals surface area contributed by atoms with Gasteiger partial charge in [0.1, 0.15) is 0 Å². The molecule has 0 fully saturated rings. The van der Waals surface area contributed by atoms with E-state index < -0.39 is 0 Å². The minimum absolute atomic E-state index is 0. The van der Waals surface area contributed by atoms with Gasteiger partial charge in [-0.1, -0.05) is 60.7 Å². The number of halogens is 1. The van der Waals surface area contributed by atoms with Gasteiger partial charge in [0, 0.05) is 6.54 Å². The Balaban J connectivity index is 0.00000288. The van der Waals surface area contributed by atoms with Gasteiger partial charge in [0.25, 0.3) is 0 Å². The molecule has 0 aliphatic heterocycles. The lowest BCUT2D eigenvalue weighted by atomic mass is 10.1. The fraction of sp³-hybridized carbons (Fsp3) is 0.222. The Morgan fingerprint density at radius 1 is 0.917 bits per heavy atom. The van der Waals surface area contributed by atoms with Crippen molar-refractivity contribution in [1.82, 2.24) is 10.6 Å². The highest BCUT2D eigenvalue weighted by atomic mass is 127. The molecule has 0 bridgehead atoms. The van der Waals surface area contributed by atoms with E-state index in [4.69, 9.17) is 5.73 Å². The van der Waals surface area contributed by atoms with Crippen LogP contribution in [0.1, 0.15) is 11.1 Å². The summed E-state index contributed by atoms with van der Waals surface area (Å²) >= 11 is 0. The smallest absolute Gasteiger partial charge is 0.239 e. The number of hydrogen-bond donors (Lipinski definition) is 3. The maximum Gasteiger partial charge on any atom is 0.239 e. The van der Waals surface area contributed by atoms with Crippen molar-refractivity contribution in [2.75, 3.05) is 13.1 Å². The minimum Gasteiger partial charge on any atom is -0.370 e. The third kappa shape index (κ3) is 7.96. The van der Waals surface area contributed by atoms with Gasteiger partial charge in [-0.25, -0.2) is 4.99 Å². The molecule has 0 aliphatic carbocycles. The molecule has 24 heavy (non-hydrogen) atoms. The largest absolute Gasteiger partial charge is 0.370 e. The maximum absolute atomic E-state index is 11.7. The van der Waals surface area contributed by atoms with E-state index in [1.807, 2.05) is 60.7 Å². The van der Waals surface area contributed by atoms with Gasteiger partial charge < -0.3 is 16.4 Å². The van der Waals surface area contributed by atoms with E-state index >= 15 is 0 Å². The Morgan fingerprint density at radius 3 is 2.12 bits per heavy atom. The molecule has 0 saturated carbocycles. The van der Waals surface area contributed by atoms with Gasteiger partial charge in [-0.2, -0.15) is 0 Å². The second-order valence-corrected chi connectivity index (χ2v) is 5.13. The summed E-state index contributed by atoms with van der Waals surface area (Å²) in [6, 6.07) is 19.9. The molecular formula is C18H23IN4O. The Hall–Kier alpha value is -2.09. The van der Waals surface area contributed by atoms with Crippen molar-refractivity contribution in [2.45, 2.75) is 13.0 Å². The molecule has 2 aromatic carbocycles. The molecule has 0 aliphatic rings. The van der Waals surface area contributed by atoms with Crippen molar-refractivity contribution < 1.29 is 4.79 Å². The predicted molar refractivity (Wildman–Crippen MR) is 108 cm³/mol. The summed E-state index contributed by atoms with van der Waals surface area (Å²) < 4.78 is 0. The third-order valence-electron chi connectivity index (χ3n) is 3.28. The van der Waals surface area contributed by atoms with Crippen LogP contribution < -0.4 is 16.4 Å². The number of nitrogens with two attached hydrogens (primary N) is 1. The second-order valence-electron chi connectivity index (χ2n) is 5.13. The molecule has 2 rings (SSSR count). The zero-order valence-corrected chi connectivity index (χ0v) is 15.8. The lowest BCUT2D eigenvalue weighted by Crippen LogP contribution is -2.41. The van der Waals surface area contributed by atoms with Crippen LogP contribution in [-0.2, 0) is 17.8 Å². The van der Waals surface area contributed by atoms with Crippen LogP contribution in [-0.4, -0.2) is 25.0 Å². The molecule has 0 atom stereocenters. The summed E-state index contributed by atoms with van der Waals surface area (Å²) in [6.07, 6.45) is 0.810. The van der Waals surface area contributed by atoms with Crippen LogP contribution in [0.25, 0.3) is 0 Å². The molecule has 0 aromatic heterocycles. The van der Waals surface area contributed by atoms with Gasteiger partial charge in [0.05, 0.1) is 13.1 Å². The van der Waals surface area contributed by atoms with Crippen LogP contribution in [0.4, 0.5) is 0 Å².